The third-order valence-electron chi connectivity index (χ3n) is 4.79. The molecular formula is C22H23ClF2N2O3. The van der Waals surface area contributed by atoms with Crippen LogP contribution in [0.1, 0.15) is 31.1 Å². The van der Waals surface area contributed by atoms with Gasteiger partial charge in [0.05, 0.1) is 10.6 Å². The quantitative estimate of drug-likeness (QED) is 0.493. The van der Waals surface area contributed by atoms with Crippen LogP contribution in [-0.4, -0.2) is 49.1 Å². The van der Waals surface area contributed by atoms with Crippen LogP contribution in [0.25, 0.3) is 11.1 Å². The van der Waals surface area contributed by atoms with Crippen LogP contribution >= 0.6 is 11.6 Å². The standard InChI is InChI=1S/C22H23ClF2N2O3/c1-22(2,3)30-21(29)27-10-8-26(9-11-27)15-6-4-14(5-7-15)16-12-18(23)20(25)19(24)17(16)13-28/h4-7,12-13H,8-11H2,1-3H3. The number of hydrogen-bond donors (Lipinski definition) is 0. The third kappa shape index (κ3) is 4.73. The zero-order chi connectivity index (χ0) is 22.1. The first kappa shape index (κ1) is 22.0. The summed E-state index contributed by atoms with van der Waals surface area (Å²) in [4.78, 5) is 27.2. The molecule has 1 saturated heterocycles. The lowest BCUT2D eigenvalue weighted by Crippen LogP contribution is -2.50. The number of piperazine rings is 1. The van der Waals surface area contributed by atoms with Crippen molar-refractivity contribution < 1.29 is 23.1 Å². The summed E-state index contributed by atoms with van der Waals surface area (Å²) in [6.07, 6.45) is -0.0393. The Balaban J connectivity index is 1.72. The second kappa shape index (κ2) is 8.60. The summed E-state index contributed by atoms with van der Waals surface area (Å²) in [5.74, 6) is -2.49. The molecule has 0 radical (unpaired) electrons. The molecule has 0 saturated carbocycles. The Morgan fingerprint density at radius 2 is 1.67 bits per heavy atom. The fourth-order valence-corrected chi connectivity index (χ4v) is 3.48. The van der Waals surface area contributed by atoms with E-state index in [1.807, 2.05) is 32.9 Å². The van der Waals surface area contributed by atoms with Crippen LogP contribution in [-0.2, 0) is 4.74 Å². The molecule has 1 fully saturated rings. The fraction of sp³-hybridized carbons (Fsp3) is 0.364. The maximum absolute atomic E-state index is 14.0. The number of rotatable bonds is 3. The number of hydrogen-bond acceptors (Lipinski definition) is 4. The number of benzene rings is 2. The normalized spacial score (nSPS) is 14.6. The van der Waals surface area contributed by atoms with Crippen LogP contribution in [0.2, 0.25) is 5.02 Å². The van der Waals surface area contributed by atoms with Gasteiger partial charge in [0.2, 0.25) is 0 Å². The van der Waals surface area contributed by atoms with Crippen molar-refractivity contribution in [2.45, 2.75) is 26.4 Å². The summed E-state index contributed by atoms with van der Waals surface area (Å²) in [7, 11) is 0. The van der Waals surface area contributed by atoms with E-state index in [1.165, 1.54) is 6.07 Å². The Bertz CT molecular complexity index is 950. The molecule has 2 aromatic rings. The van der Waals surface area contributed by atoms with Gasteiger partial charge in [-0.15, -0.1) is 0 Å². The first-order valence-electron chi connectivity index (χ1n) is 9.56. The number of ether oxygens (including phenoxy) is 1. The molecule has 8 heteroatoms. The highest BCUT2D eigenvalue weighted by Gasteiger charge is 2.26. The average molecular weight is 437 g/mol. The molecule has 1 amide bonds. The summed E-state index contributed by atoms with van der Waals surface area (Å²) in [6, 6.07) is 8.37. The van der Waals surface area contributed by atoms with Gasteiger partial charge < -0.3 is 14.5 Å². The summed E-state index contributed by atoms with van der Waals surface area (Å²) >= 11 is 5.75. The van der Waals surface area contributed by atoms with Crippen LogP contribution in [0.3, 0.4) is 0 Å². The number of carbonyl (C=O) groups is 2. The van der Waals surface area contributed by atoms with Crippen LogP contribution in [0.15, 0.2) is 30.3 Å². The first-order valence-corrected chi connectivity index (χ1v) is 9.94. The van der Waals surface area contributed by atoms with Crippen molar-refractivity contribution >= 4 is 29.7 Å². The van der Waals surface area contributed by atoms with Crippen LogP contribution in [0.5, 0.6) is 0 Å². The van der Waals surface area contributed by atoms with Crippen LogP contribution < -0.4 is 4.90 Å². The van der Waals surface area contributed by atoms with Gasteiger partial charge in [-0.3, -0.25) is 4.79 Å². The fourth-order valence-electron chi connectivity index (χ4n) is 3.29. The Hall–Kier alpha value is -2.67. The van der Waals surface area contributed by atoms with Crippen LogP contribution in [0.4, 0.5) is 19.3 Å². The van der Waals surface area contributed by atoms with Crippen molar-refractivity contribution in [2.75, 3.05) is 31.1 Å². The van der Waals surface area contributed by atoms with E-state index in [0.29, 0.717) is 31.7 Å². The Labute approximate surface area is 179 Å². The SMILES string of the molecule is CC(C)(C)OC(=O)N1CCN(c2ccc(-c3cc(Cl)c(F)c(F)c3C=O)cc2)CC1. The second-order valence-corrected chi connectivity index (χ2v) is 8.47. The van der Waals surface area contributed by atoms with Gasteiger partial charge in [-0.05, 0) is 50.1 Å². The summed E-state index contributed by atoms with van der Waals surface area (Å²) in [5.41, 5.74) is 0.802. The zero-order valence-electron chi connectivity index (χ0n) is 17.0. The van der Waals surface area contributed by atoms with Gasteiger partial charge in [0, 0.05) is 31.9 Å². The van der Waals surface area contributed by atoms with E-state index in [2.05, 4.69) is 4.90 Å². The number of halogens is 3. The van der Waals surface area contributed by atoms with E-state index in [-0.39, 0.29) is 28.5 Å². The number of aldehydes is 1. The minimum atomic E-state index is -1.25. The van der Waals surface area contributed by atoms with Crippen molar-refractivity contribution in [1.82, 2.24) is 4.90 Å². The highest BCUT2D eigenvalue weighted by Crippen LogP contribution is 2.32. The molecule has 0 unspecified atom stereocenters. The monoisotopic (exact) mass is 436 g/mol. The molecule has 0 aromatic heterocycles. The molecule has 0 bridgehead atoms. The lowest BCUT2D eigenvalue weighted by atomic mass is 9.99. The van der Waals surface area contributed by atoms with Crippen molar-refractivity contribution in [3.63, 3.8) is 0 Å². The van der Waals surface area contributed by atoms with E-state index in [9.17, 15) is 18.4 Å². The molecule has 1 heterocycles. The molecule has 3 rings (SSSR count). The Kier molecular flexibility index (Phi) is 6.31. The van der Waals surface area contributed by atoms with Crippen molar-refractivity contribution in [1.29, 1.82) is 0 Å². The predicted octanol–water partition coefficient (Wildman–Crippen LogP) is 5.15. The molecule has 0 atom stereocenters. The van der Waals surface area contributed by atoms with Gasteiger partial charge in [-0.1, -0.05) is 23.7 Å². The van der Waals surface area contributed by atoms with Gasteiger partial charge in [0.1, 0.15) is 5.60 Å². The highest BCUT2D eigenvalue weighted by atomic mass is 35.5. The van der Waals surface area contributed by atoms with Gasteiger partial charge in [-0.2, -0.15) is 0 Å². The second-order valence-electron chi connectivity index (χ2n) is 8.07. The zero-order valence-corrected chi connectivity index (χ0v) is 17.8. The van der Waals surface area contributed by atoms with Gasteiger partial charge in [0.15, 0.2) is 17.9 Å². The van der Waals surface area contributed by atoms with Gasteiger partial charge in [0.25, 0.3) is 0 Å². The molecule has 0 N–H and O–H groups in total. The number of nitrogens with zero attached hydrogens (tertiary/aromatic N) is 2. The molecule has 2 aromatic carbocycles. The van der Waals surface area contributed by atoms with Crippen molar-refractivity contribution in [3.05, 3.63) is 52.6 Å². The molecule has 0 aliphatic carbocycles. The molecule has 1 aliphatic heterocycles. The predicted molar refractivity (Wildman–Crippen MR) is 112 cm³/mol. The van der Waals surface area contributed by atoms with Crippen molar-refractivity contribution in [2.24, 2.45) is 0 Å². The van der Waals surface area contributed by atoms with E-state index in [4.69, 9.17) is 16.3 Å². The minimum Gasteiger partial charge on any atom is -0.444 e. The Morgan fingerprint density at radius 1 is 1.07 bits per heavy atom. The molecular weight excluding hydrogens is 414 g/mol. The lowest BCUT2D eigenvalue weighted by Gasteiger charge is -2.36. The minimum absolute atomic E-state index is 0.232. The number of anilines is 1. The highest BCUT2D eigenvalue weighted by molar-refractivity contribution is 6.31. The topological polar surface area (TPSA) is 49.9 Å². The van der Waals surface area contributed by atoms with Crippen molar-refractivity contribution in [3.8, 4) is 11.1 Å². The Morgan fingerprint density at radius 3 is 2.20 bits per heavy atom. The first-order chi connectivity index (χ1) is 14.1. The third-order valence-corrected chi connectivity index (χ3v) is 5.07. The molecule has 5 nitrogen and oxygen atoms in total. The van der Waals surface area contributed by atoms with E-state index >= 15 is 0 Å². The summed E-state index contributed by atoms with van der Waals surface area (Å²) in [5, 5.41) is -0.379. The maximum atomic E-state index is 14.0. The maximum Gasteiger partial charge on any atom is 0.410 e. The summed E-state index contributed by atoms with van der Waals surface area (Å²) in [6.45, 7) is 7.83. The number of amides is 1. The largest absolute Gasteiger partial charge is 0.444 e. The molecule has 30 heavy (non-hydrogen) atoms. The van der Waals surface area contributed by atoms with Crippen LogP contribution in [0, 0.1) is 11.6 Å². The van der Waals surface area contributed by atoms with Gasteiger partial charge in [-0.25, -0.2) is 13.6 Å². The van der Waals surface area contributed by atoms with E-state index < -0.39 is 17.2 Å². The summed E-state index contributed by atoms with van der Waals surface area (Å²) < 4.78 is 33.1. The lowest BCUT2D eigenvalue weighted by molar-refractivity contribution is 0.0240. The van der Waals surface area contributed by atoms with E-state index in [1.54, 1.807) is 17.0 Å². The van der Waals surface area contributed by atoms with Gasteiger partial charge >= 0.3 is 6.09 Å². The smallest absolute Gasteiger partial charge is 0.410 e. The number of carbonyl (C=O) groups excluding carboxylic acids is 2. The van der Waals surface area contributed by atoms with E-state index in [0.717, 1.165) is 5.69 Å². The average Bonchev–Trinajstić information content (AvgIpc) is 2.71. The molecule has 1 aliphatic rings. The molecule has 0 spiro atoms. The molecule has 160 valence electrons.